The lowest BCUT2D eigenvalue weighted by Gasteiger charge is -2.20. The van der Waals surface area contributed by atoms with Gasteiger partial charge in [0.1, 0.15) is 5.75 Å². The molecular weight excluding hydrogens is 424 g/mol. The van der Waals surface area contributed by atoms with E-state index in [1.165, 1.54) is 17.8 Å². The second kappa shape index (κ2) is 6.94. The van der Waals surface area contributed by atoms with Crippen LogP contribution in [0.3, 0.4) is 0 Å². The number of aromatic nitrogens is 2. The van der Waals surface area contributed by atoms with Gasteiger partial charge < -0.3 is 19.4 Å². The van der Waals surface area contributed by atoms with Crippen molar-refractivity contribution in [2.24, 2.45) is 5.73 Å². The Bertz CT molecular complexity index is 1070. The topological polar surface area (TPSA) is 108 Å². The van der Waals surface area contributed by atoms with E-state index in [9.17, 15) is 13.2 Å². The lowest BCUT2D eigenvalue weighted by atomic mass is 10.0. The van der Waals surface area contributed by atoms with Crippen molar-refractivity contribution < 1.29 is 17.4 Å². The molecule has 1 aromatic heterocycles. The molecule has 4 rings (SSSR count). The van der Waals surface area contributed by atoms with E-state index in [2.05, 4.69) is 4.98 Å². The van der Waals surface area contributed by atoms with Crippen molar-refractivity contribution in [2.45, 2.75) is 35.1 Å². The fraction of sp³-hybridized carbons (Fsp3) is 0.412. The molecule has 0 radical (unpaired) electrons. The van der Waals surface area contributed by atoms with Crippen LogP contribution in [0.25, 0.3) is 0 Å². The van der Waals surface area contributed by atoms with Crippen LogP contribution >= 0.6 is 23.4 Å². The first-order chi connectivity index (χ1) is 13.2. The Morgan fingerprint density at radius 3 is 2.82 bits per heavy atom. The normalized spacial score (nSPS) is 21.0. The van der Waals surface area contributed by atoms with Crippen LogP contribution in [0.5, 0.6) is 5.75 Å². The molecule has 28 heavy (non-hydrogen) atoms. The van der Waals surface area contributed by atoms with Crippen molar-refractivity contribution in [2.75, 3.05) is 19.8 Å². The molecule has 1 aliphatic heterocycles. The average Bonchev–Trinajstić information content (AvgIpc) is 3.25. The molecule has 150 valence electrons. The number of thioether (sulfide) groups is 1. The largest absolute Gasteiger partial charge is 0.378 e. The summed E-state index contributed by atoms with van der Waals surface area (Å²) in [5, 5.41) is 0.343. The summed E-state index contributed by atoms with van der Waals surface area (Å²) >= 11 is 7.51. The lowest BCUT2D eigenvalue weighted by molar-refractivity contribution is -0.119. The van der Waals surface area contributed by atoms with E-state index in [-0.39, 0.29) is 22.0 Å². The number of hydrogen-bond donors (Lipinski definition) is 1. The van der Waals surface area contributed by atoms with Gasteiger partial charge in [0.2, 0.25) is 10.9 Å². The minimum Gasteiger partial charge on any atom is -0.378 e. The molecule has 1 aliphatic carbocycles. The first-order valence-corrected chi connectivity index (χ1v) is 11.4. The van der Waals surface area contributed by atoms with Gasteiger partial charge in [0.25, 0.3) is 0 Å². The first-order valence-electron chi connectivity index (χ1n) is 8.62. The number of primary amides is 1. The monoisotopic (exact) mass is 442 g/mol. The molecule has 11 heteroatoms. The third-order valence-corrected chi connectivity index (χ3v) is 7.68. The zero-order valence-electron chi connectivity index (χ0n) is 15.3. The van der Waals surface area contributed by atoms with Crippen LogP contribution in [0.4, 0.5) is 0 Å². The van der Waals surface area contributed by atoms with Crippen molar-refractivity contribution in [1.29, 1.82) is 0 Å². The maximum absolute atomic E-state index is 12.9. The number of amides is 1. The highest BCUT2D eigenvalue weighted by Gasteiger charge is 2.37. The van der Waals surface area contributed by atoms with Crippen molar-refractivity contribution in [3.05, 3.63) is 34.5 Å². The Kier molecular flexibility index (Phi) is 4.85. The quantitative estimate of drug-likeness (QED) is 0.705. The van der Waals surface area contributed by atoms with E-state index in [1.807, 2.05) is 19.0 Å². The van der Waals surface area contributed by atoms with Crippen LogP contribution in [0.2, 0.25) is 5.15 Å². The number of nitrogens with zero attached hydrogens (tertiary/aromatic N) is 3. The third kappa shape index (κ3) is 3.18. The average molecular weight is 443 g/mol. The highest BCUT2D eigenvalue weighted by Crippen LogP contribution is 2.44. The maximum atomic E-state index is 12.9. The summed E-state index contributed by atoms with van der Waals surface area (Å²) < 4.78 is 32.7. The van der Waals surface area contributed by atoms with Crippen molar-refractivity contribution in [3.63, 3.8) is 0 Å². The number of nitrogens with two attached hydrogens (primary N) is 1. The summed E-state index contributed by atoms with van der Waals surface area (Å²) in [4.78, 5) is 17.9. The van der Waals surface area contributed by atoms with Crippen LogP contribution in [-0.2, 0) is 21.5 Å². The van der Waals surface area contributed by atoms with Gasteiger partial charge in [-0.1, -0.05) is 29.4 Å². The van der Waals surface area contributed by atoms with Gasteiger partial charge in [0.15, 0.2) is 10.3 Å². The van der Waals surface area contributed by atoms with Crippen molar-refractivity contribution in [1.82, 2.24) is 14.5 Å². The number of halogens is 1. The molecule has 2 unspecified atom stereocenters. The number of rotatable bonds is 5. The molecule has 2 N–H and O–H groups in total. The summed E-state index contributed by atoms with van der Waals surface area (Å²) in [6.45, 7) is 0.505. The molecule has 2 heterocycles. The van der Waals surface area contributed by atoms with E-state index in [1.54, 1.807) is 16.7 Å². The van der Waals surface area contributed by atoms with Crippen LogP contribution in [0.1, 0.15) is 29.5 Å². The zero-order valence-corrected chi connectivity index (χ0v) is 17.6. The SMILES string of the molecule is CN(C)C1CC(C(N)=O)c2ccc(OS(=O)(=O)c3c(Cl)nc4n3CCS4)cc21. The molecule has 0 fully saturated rings. The minimum atomic E-state index is -4.16. The molecule has 1 amide bonds. The van der Waals surface area contributed by atoms with Crippen molar-refractivity contribution in [3.8, 4) is 5.75 Å². The number of imidazole rings is 1. The van der Waals surface area contributed by atoms with Gasteiger partial charge >= 0.3 is 10.1 Å². The first kappa shape index (κ1) is 19.6. The number of fused-ring (bicyclic) bond motifs is 2. The molecule has 0 bridgehead atoms. The fourth-order valence-electron chi connectivity index (χ4n) is 3.78. The number of hydrogen-bond acceptors (Lipinski definition) is 7. The lowest BCUT2D eigenvalue weighted by Crippen LogP contribution is -2.21. The Balaban J connectivity index is 1.70. The van der Waals surface area contributed by atoms with E-state index < -0.39 is 21.9 Å². The maximum Gasteiger partial charge on any atom is 0.358 e. The number of carbonyl (C=O) groups is 1. The Hall–Kier alpha value is -1.75. The highest BCUT2D eigenvalue weighted by molar-refractivity contribution is 7.99. The van der Waals surface area contributed by atoms with E-state index in [4.69, 9.17) is 21.5 Å². The molecule has 0 saturated heterocycles. The molecule has 2 atom stereocenters. The van der Waals surface area contributed by atoms with Gasteiger partial charge in [0.05, 0.1) is 5.92 Å². The number of benzene rings is 1. The van der Waals surface area contributed by atoms with E-state index in [0.717, 1.165) is 16.9 Å². The summed E-state index contributed by atoms with van der Waals surface area (Å²) in [7, 11) is -0.365. The Morgan fingerprint density at radius 2 is 2.14 bits per heavy atom. The second-order valence-electron chi connectivity index (χ2n) is 6.99. The molecule has 2 aromatic rings. The fourth-order valence-corrected chi connectivity index (χ4v) is 6.44. The van der Waals surface area contributed by atoms with E-state index in [0.29, 0.717) is 18.1 Å². The Morgan fingerprint density at radius 1 is 1.39 bits per heavy atom. The molecular formula is C17H19ClN4O4S2. The summed E-state index contributed by atoms with van der Waals surface area (Å²) in [6, 6.07) is 4.84. The third-order valence-electron chi connectivity index (χ3n) is 5.05. The van der Waals surface area contributed by atoms with Crippen LogP contribution in [0, 0.1) is 0 Å². The van der Waals surface area contributed by atoms with Crippen LogP contribution in [0.15, 0.2) is 28.4 Å². The van der Waals surface area contributed by atoms with Crippen LogP contribution in [-0.4, -0.2) is 48.6 Å². The smallest absolute Gasteiger partial charge is 0.358 e. The molecule has 8 nitrogen and oxygen atoms in total. The zero-order chi connectivity index (χ0) is 20.2. The van der Waals surface area contributed by atoms with Gasteiger partial charge in [0, 0.05) is 18.3 Å². The summed E-state index contributed by atoms with van der Waals surface area (Å²) in [5.74, 6) is 0.0940. The highest BCUT2D eigenvalue weighted by atomic mass is 35.5. The van der Waals surface area contributed by atoms with Gasteiger partial charge in [-0.3, -0.25) is 4.79 Å². The van der Waals surface area contributed by atoms with E-state index >= 15 is 0 Å². The predicted octanol–water partition coefficient (Wildman–Crippen LogP) is 1.99. The van der Waals surface area contributed by atoms with Crippen LogP contribution < -0.4 is 9.92 Å². The second-order valence-corrected chi connectivity index (χ2v) is 9.87. The molecule has 2 aliphatic rings. The standard InChI is InChI=1S/C17H19ClN4O4S2/c1-21(2)13-8-12(15(19)23)10-4-3-9(7-11(10)13)26-28(24,25)16-14(18)20-17-22(16)5-6-27-17/h3-4,7,12-13H,5-6,8H2,1-2H3,(H2,19,23). The van der Waals surface area contributed by atoms with Gasteiger partial charge in [-0.15, -0.1) is 0 Å². The summed E-state index contributed by atoms with van der Waals surface area (Å²) in [5.41, 5.74) is 7.17. The Labute approximate surface area is 172 Å². The van der Waals surface area contributed by atoms with Gasteiger partial charge in [-0.05, 0) is 43.8 Å². The molecule has 1 aromatic carbocycles. The van der Waals surface area contributed by atoms with Gasteiger partial charge in [-0.25, -0.2) is 4.98 Å². The minimum absolute atomic E-state index is 0.0574. The summed E-state index contributed by atoms with van der Waals surface area (Å²) in [6.07, 6.45) is 0.549. The number of carbonyl (C=O) groups excluding carboxylic acids is 1. The van der Waals surface area contributed by atoms with Crippen molar-refractivity contribution >= 4 is 39.4 Å². The predicted molar refractivity (Wildman–Crippen MR) is 105 cm³/mol. The molecule has 0 spiro atoms. The molecule has 0 saturated carbocycles. The van der Waals surface area contributed by atoms with Gasteiger partial charge in [-0.2, -0.15) is 8.42 Å².